The predicted molar refractivity (Wildman–Crippen MR) is 85.4 cm³/mol. The minimum atomic E-state index is -2.89. The molecule has 7 heteroatoms. The molecule has 2 N–H and O–H groups in total. The number of hydrogen-bond acceptors (Lipinski definition) is 4. The quantitative estimate of drug-likeness (QED) is 0.648. The molecule has 1 aliphatic rings. The largest absolute Gasteiger partial charge is 0.332 e. The average molecular weight is 313 g/mol. The van der Waals surface area contributed by atoms with Gasteiger partial charge < -0.3 is 5.32 Å². The maximum atomic E-state index is 11.5. The summed E-state index contributed by atoms with van der Waals surface area (Å²) in [5.74, 6) is 0.436. The van der Waals surface area contributed by atoms with E-state index in [1.54, 1.807) is 5.01 Å². The highest BCUT2D eigenvalue weighted by molar-refractivity contribution is 7.91. The van der Waals surface area contributed by atoms with E-state index in [0.717, 1.165) is 5.69 Å². The molecular weight excluding hydrogens is 294 g/mol. The summed E-state index contributed by atoms with van der Waals surface area (Å²) in [6.07, 6.45) is 0.638. The number of nitrogens with one attached hydrogen (secondary N) is 2. The zero-order chi connectivity index (χ0) is 14.8. The number of hydrogen-bond donors (Lipinski definition) is 2. The first-order valence-corrected chi connectivity index (χ1v) is 8.66. The van der Waals surface area contributed by atoms with Crippen LogP contribution in [0.3, 0.4) is 0 Å². The van der Waals surface area contributed by atoms with Gasteiger partial charge in [-0.2, -0.15) is 0 Å². The van der Waals surface area contributed by atoms with Crippen LogP contribution in [0.25, 0.3) is 0 Å². The minimum absolute atomic E-state index is 0.0298. The standard InChI is InChI=1S/C13H19N3O2S2/c1-10-3-5-11(6-4-10)14-13(19)15-16(2)12-7-8-20(17,18)9-12/h3-6,12H,7-9H2,1-2H3,(H2,14,15,19). The van der Waals surface area contributed by atoms with Gasteiger partial charge in [0.05, 0.1) is 11.5 Å². The Morgan fingerprint density at radius 2 is 2.00 bits per heavy atom. The highest BCUT2D eigenvalue weighted by Gasteiger charge is 2.30. The van der Waals surface area contributed by atoms with Gasteiger partial charge in [0.15, 0.2) is 14.9 Å². The van der Waals surface area contributed by atoms with E-state index in [1.807, 2.05) is 38.2 Å². The first kappa shape index (κ1) is 15.2. The van der Waals surface area contributed by atoms with Gasteiger partial charge in [0.1, 0.15) is 0 Å². The normalized spacial score (nSPS) is 20.9. The Bertz CT molecular complexity index is 584. The molecular formula is C13H19N3O2S2. The number of thiocarbonyl (C=S) groups is 1. The summed E-state index contributed by atoms with van der Waals surface area (Å²) in [4.78, 5) is 0. The van der Waals surface area contributed by atoms with Crippen molar-refractivity contribution < 1.29 is 8.42 Å². The van der Waals surface area contributed by atoms with Crippen LogP contribution in [0.5, 0.6) is 0 Å². The number of rotatable bonds is 3. The van der Waals surface area contributed by atoms with Crippen LogP contribution in [-0.4, -0.2) is 43.1 Å². The molecule has 0 aliphatic carbocycles. The van der Waals surface area contributed by atoms with Crippen molar-refractivity contribution in [1.29, 1.82) is 0 Å². The Labute approximate surface area is 125 Å². The van der Waals surface area contributed by atoms with Crippen molar-refractivity contribution in [2.75, 3.05) is 23.9 Å². The van der Waals surface area contributed by atoms with Crippen LogP contribution in [0.4, 0.5) is 5.69 Å². The molecule has 0 bridgehead atoms. The zero-order valence-electron chi connectivity index (χ0n) is 11.6. The Morgan fingerprint density at radius 1 is 1.35 bits per heavy atom. The van der Waals surface area contributed by atoms with Crippen LogP contribution in [0, 0.1) is 6.92 Å². The average Bonchev–Trinajstić information content (AvgIpc) is 2.73. The summed E-state index contributed by atoms with van der Waals surface area (Å²) in [7, 11) is -1.07. The van der Waals surface area contributed by atoms with Crippen molar-refractivity contribution in [3.05, 3.63) is 29.8 Å². The SMILES string of the molecule is Cc1ccc(NC(=S)NN(C)C2CCS(=O)(=O)C2)cc1. The summed E-state index contributed by atoms with van der Waals surface area (Å²) >= 11 is 5.22. The van der Waals surface area contributed by atoms with Gasteiger partial charge in [-0.15, -0.1) is 0 Å². The fourth-order valence-corrected chi connectivity index (χ4v) is 4.16. The van der Waals surface area contributed by atoms with Crippen LogP contribution in [0.15, 0.2) is 24.3 Å². The zero-order valence-corrected chi connectivity index (χ0v) is 13.2. The fraction of sp³-hybridized carbons (Fsp3) is 0.462. The van der Waals surface area contributed by atoms with Crippen LogP contribution in [0.2, 0.25) is 0 Å². The van der Waals surface area contributed by atoms with Gasteiger partial charge in [-0.1, -0.05) is 17.7 Å². The van der Waals surface area contributed by atoms with E-state index < -0.39 is 9.84 Å². The van der Waals surface area contributed by atoms with Crippen LogP contribution in [0.1, 0.15) is 12.0 Å². The lowest BCUT2D eigenvalue weighted by Crippen LogP contribution is -2.47. The molecule has 1 aromatic rings. The van der Waals surface area contributed by atoms with Crippen molar-refractivity contribution in [3.8, 4) is 0 Å². The number of aryl methyl sites for hydroxylation is 1. The Kier molecular flexibility index (Phi) is 4.62. The van der Waals surface area contributed by atoms with Gasteiger partial charge >= 0.3 is 0 Å². The predicted octanol–water partition coefficient (Wildman–Crippen LogP) is 1.32. The molecule has 5 nitrogen and oxygen atoms in total. The van der Waals surface area contributed by atoms with E-state index in [2.05, 4.69) is 10.7 Å². The van der Waals surface area contributed by atoms with Gasteiger partial charge in [-0.05, 0) is 37.7 Å². The van der Waals surface area contributed by atoms with Crippen molar-refractivity contribution in [2.24, 2.45) is 0 Å². The van der Waals surface area contributed by atoms with Crippen LogP contribution >= 0.6 is 12.2 Å². The molecule has 1 aliphatic heterocycles. The lowest BCUT2D eigenvalue weighted by Gasteiger charge is -2.25. The summed E-state index contributed by atoms with van der Waals surface area (Å²) in [5.41, 5.74) is 5.10. The molecule has 0 amide bonds. The second-order valence-corrected chi connectivity index (χ2v) is 7.74. The summed E-state index contributed by atoms with van der Waals surface area (Å²) in [5, 5.41) is 5.30. The Balaban J connectivity index is 1.87. The van der Waals surface area contributed by atoms with Crippen molar-refractivity contribution in [3.63, 3.8) is 0 Å². The van der Waals surface area contributed by atoms with Gasteiger partial charge in [0.25, 0.3) is 0 Å². The number of nitrogens with zero attached hydrogens (tertiary/aromatic N) is 1. The van der Waals surface area contributed by atoms with Crippen molar-refractivity contribution >= 4 is 32.9 Å². The molecule has 1 unspecified atom stereocenters. The van der Waals surface area contributed by atoms with E-state index in [0.29, 0.717) is 11.5 Å². The van der Waals surface area contributed by atoms with Gasteiger partial charge in [-0.3, -0.25) is 5.43 Å². The molecule has 1 atom stereocenters. The van der Waals surface area contributed by atoms with E-state index >= 15 is 0 Å². The third kappa shape index (κ3) is 4.16. The Morgan fingerprint density at radius 3 is 2.55 bits per heavy atom. The highest BCUT2D eigenvalue weighted by Crippen LogP contribution is 2.15. The van der Waals surface area contributed by atoms with Gasteiger partial charge in [0.2, 0.25) is 0 Å². The summed E-state index contributed by atoms with van der Waals surface area (Å²) in [6.45, 7) is 2.02. The summed E-state index contributed by atoms with van der Waals surface area (Å²) in [6, 6.07) is 7.86. The Hall–Kier alpha value is -1.18. The molecule has 1 aromatic carbocycles. The minimum Gasteiger partial charge on any atom is -0.332 e. The molecule has 2 rings (SSSR count). The molecule has 1 saturated heterocycles. The second-order valence-electron chi connectivity index (χ2n) is 5.10. The topological polar surface area (TPSA) is 61.4 Å². The van der Waals surface area contributed by atoms with Crippen LogP contribution in [-0.2, 0) is 9.84 Å². The third-order valence-electron chi connectivity index (χ3n) is 3.34. The van der Waals surface area contributed by atoms with Gasteiger partial charge in [0, 0.05) is 18.8 Å². The molecule has 1 fully saturated rings. The summed E-state index contributed by atoms with van der Waals surface area (Å²) < 4.78 is 22.9. The van der Waals surface area contributed by atoms with Gasteiger partial charge in [-0.25, -0.2) is 13.4 Å². The second kappa shape index (κ2) is 6.07. The maximum absolute atomic E-state index is 11.5. The number of benzene rings is 1. The van der Waals surface area contributed by atoms with E-state index in [4.69, 9.17) is 12.2 Å². The molecule has 0 aromatic heterocycles. The van der Waals surface area contributed by atoms with Crippen LogP contribution < -0.4 is 10.7 Å². The first-order valence-electron chi connectivity index (χ1n) is 6.43. The number of anilines is 1. The molecule has 20 heavy (non-hydrogen) atoms. The molecule has 0 radical (unpaired) electrons. The third-order valence-corrected chi connectivity index (χ3v) is 5.29. The highest BCUT2D eigenvalue weighted by atomic mass is 32.2. The van der Waals surface area contributed by atoms with E-state index in [1.165, 1.54) is 5.56 Å². The lowest BCUT2D eigenvalue weighted by atomic mass is 10.2. The molecule has 0 spiro atoms. The smallest absolute Gasteiger partial charge is 0.185 e. The molecule has 1 heterocycles. The first-order chi connectivity index (χ1) is 9.35. The van der Waals surface area contributed by atoms with Crippen molar-refractivity contribution in [2.45, 2.75) is 19.4 Å². The van der Waals surface area contributed by atoms with Crippen molar-refractivity contribution in [1.82, 2.24) is 10.4 Å². The maximum Gasteiger partial charge on any atom is 0.185 e. The van der Waals surface area contributed by atoms with E-state index in [-0.39, 0.29) is 17.5 Å². The molecule has 0 saturated carbocycles. The molecule has 110 valence electrons. The lowest BCUT2D eigenvalue weighted by molar-refractivity contribution is 0.226. The number of hydrazine groups is 1. The van der Waals surface area contributed by atoms with E-state index in [9.17, 15) is 8.42 Å². The monoisotopic (exact) mass is 313 g/mol. The fourth-order valence-electron chi connectivity index (χ4n) is 2.13. The number of sulfone groups is 1.